The second-order valence-corrected chi connectivity index (χ2v) is 4.16. The van der Waals surface area contributed by atoms with Gasteiger partial charge in [0.2, 0.25) is 0 Å². The molecule has 1 aromatic carbocycles. The molecule has 0 aromatic heterocycles. The number of rotatable bonds is 5. The molecule has 5 N–H and O–H groups in total. The Bertz CT molecular complexity index is 510. The first kappa shape index (κ1) is 16.2. The molecule has 0 radical (unpaired) electrons. The largest absolute Gasteiger partial charge is 0.507 e. The van der Waals surface area contributed by atoms with Gasteiger partial charge in [0.05, 0.1) is 19.8 Å². The van der Waals surface area contributed by atoms with Gasteiger partial charge in [0, 0.05) is 22.3 Å². The molecule has 0 fully saturated rings. The lowest BCUT2D eigenvalue weighted by Crippen LogP contribution is -2.17. The van der Waals surface area contributed by atoms with E-state index in [0.717, 1.165) is 0 Å². The first-order chi connectivity index (χ1) is 9.40. The van der Waals surface area contributed by atoms with Gasteiger partial charge in [-0.15, -0.1) is 0 Å². The molecule has 1 atom stereocenters. The molecule has 0 saturated heterocycles. The second kappa shape index (κ2) is 6.56. The first-order valence-corrected chi connectivity index (χ1v) is 6.03. The molecular weight excluding hydrogens is 268 g/mol. The van der Waals surface area contributed by atoms with Crippen molar-refractivity contribution in [2.75, 3.05) is 6.61 Å². The van der Waals surface area contributed by atoms with Crippen LogP contribution in [0, 0.1) is 6.92 Å². The minimum absolute atomic E-state index is 0.0318. The SMILES string of the molecule is CCOC(=O)C(O)c1c(C)c(O)c(CO)c(CO)c1O. The van der Waals surface area contributed by atoms with Gasteiger partial charge in [0.15, 0.2) is 6.10 Å². The molecule has 1 aromatic rings. The van der Waals surface area contributed by atoms with E-state index < -0.39 is 36.8 Å². The van der Waals surface area contributed by atoms with Crippen LogP contribution < -0.4 is 0 Å². The van der Waals surface area contributed by atoms with Crippen molar-refractivity contribution in [3.8, 4) is 11.5 Å². The maximum atomic E-state index is 11.5. The fourth-order valence-corrected chi connectivity index (χ4v) is 1.99. The van der Waals surface area contributed by atoms with Crippen LogP contribution in [0.4, 0.5) is 0 Å². The Labute approximate surface area is 115 Å². The van der Waals surface area contributed by atoms with Crippen molar-refractivity contribution in [3.05, 3.63) is 22.3 Å². The van der Waals surface area contributed by atoms with Crippen molar-refractivity contribution in [1.29, 1.82) is 0 Å². The molecule has 7 nitrogen and oxygen atoms in total. The van der Waals surface area contributed by atoms with Crippen molar-refractivity contribution >= 4 is 5.97 Å². The van der Waals surface area contributed by atoms with Gasteiger partial charge in [0.1, 0.15) is 11.5 Å². The van der Waals surface area contributed by atoms with Crippen LogP contribution >= 0.6 is 0 Å². The Hall–Kier alpha value is -1.83. The summed E-state index contributed by atoms with van der Waals surface area (Å²) in [5.74, 6) is -1.92. The highest BCUT2D eigenvalue weighted by molar-refractivity contribution is 5.79. The fourth-order valence-electron chi connectivity index (χ4n) is 1.99. The number of aliphatic hydroxyl groups is 3. The third-order valence-corrected chi connectivity index (χ3v) is 3.05. The van der Waals surface area contributed by atoms with Crippen LogP contribution in [-0.2, 0) is 22.7 Å². The van der Waals surface area contributed by atoms with Gasteiger partial charge < -0.3 is 30.3 Å². The number of carbonyl (C=O) groups excluding carboxylic acids is 1. The summed E-state index contributed by atoms with van der Waals surface area (Å²) in [4.78, 5) is 11.5. The normalized spacial score (nSPS) is 12.2. The van der Waals surface area contributed by atoms with Gasteiger partial charge >= 0.3 is 5.97 Å². The maximum absolute atomic E-state index is 11.5. The third kappa shape index (κ3) is 2.69. The number of carbonyl (C=O) groups is 1. The molecule has 0 aliphatic rings. The maximum Gasteiger partial charge on any atom is 0.339 e. The van der Waals surface area contributed by atoms with E-state index in [-0.39, 0.29) is 28.9 Å². The van der Waals surface area contributed by atoms with Gasteiger partial charge in [-0.05, 0) is 13.8 Å². The lowest BCUT2D eigenvalue weighted by molar-refractivity contribution is -0.153. The van der Waals surface area contributed by atoms with Gasteiger partial charge in [-0.25, -0.2) is 4.79 Å². The third-order valence-electron chi connectivity index (χ3n) is 3.05. The number of hydrogen-bond acceptors (Lipinski definition) is 7. The highest BCUT2D eigenvalue weighted by Gasteiger charge is 2.29. The van der Waals surface area contributed by atoms with Crippen molar-refractivity contribution in [2.24, 2.45) is 0 Å². The summed E-state index contributed by atoms with van der Waals surface area (Å²) >= 11 is 0. The Balaban J connectivity index is 3.48. The molecule has 1 unspecified atom stereocenters. The number of aliphatic hydroxyl groups excluding tert-OH is 3. The zero-order valence-electron chi connectivity index (χ0n) is 11.3. The molecule has 7 heteroatoms. The van der Waals surface area contributed by atoms with Crippen LogP contribution in [-0.4, -0.2) is 38.1 Å². The van der Waals surface area contributed by atoms with Crippen molar-refractivity contribution in [3.63, 3.8) is 0 Å². The predicted molar refractivity (Wildman–Crippen MR) is 67.9 cm³/mol. The fraction of sp³-hybridized carbons (Fsp3) is 0.462. The average Bonchev–Trinajstić information content (AvgIpc) is 2.42. The summed E-state index contributed by atoms with van der Waals surface area (Å²) in [6.07, 6.45) is -1.79. The Morgan fingerprint density at radius 2 is 1.65 bits per heavy atom. The van der Waals surface area contributed by atoms with Crippen LogP contribution in [0.15, 0.2) is 0 Å². The number of benzene rings is 1. The lowest BCUT2D eigenvalue weighted by atomic mass is 9.93. The molecule has 0 bridgehead atoms. The summed E-state index contributed by atoms with van der Waals surface area (Å²) in [6.45, 7) is 1.70. The average molecular weight is 286 g/mol. The molecule has 112 valence electrons. The van der Waals surface area contributed by atoms with E-state index in [9.17, 15) is 25.2 Å². The van der Waals surface area contributed by atoms with E-state index in [0.29, 0.717) is 0 Å². The summed E-state index contributed by atoms with van der Waals surface area (Å²) in [5.41, 5.74) is -0.414. The monoisotopic (exact) mass is 286 g/mol. The Morgan fingerprint density at radius 3 is 2.10 bits per heavy atom. The van der Waals surface area contributed by atoms with E-state index in [4.69, 9.17) is 5.11 Å². The number of hydrogen-bond donors (Lipinski definition) is 5. The Morgan fingerprint density at radius 1 is 1.15 bits per heavy atom. The zero-order valence-corrected chi connectivity index (χ0v) is 11.3. The topological polar surface area (TPSA) is 127 Å². The van der Waals surface area contributed by atoms with E-state index >= 15 is 0 Å². The molecule has 0 heterocycles. The minimum atomic E-state index is -1.79. The van der Waals surface area contributed by atoms with Crippen LogP contribution in [0.5, 0.6) is 11.5 Å². The second-order valence-electron chi connectivity index (χ2n) is 4.16. The van der Waals surface area contributed by atoms with Crippen LogP contribution in [0.25, 0.3) is 0 Å². The van der Waals surface area contributed by atoms with Gasteiger partial charge in [0.25, 0.3) is 0 Å². The van der Waals surface area contributed by atoms with Crippen molar-refractivity contribution < 1.29 is 35.1 Å². The summed E-state index contributed by atoms with van der Waals surface area (Å²) in [5, 5.41) is 48.3. The Kier molecular flexibility index (Phi) is 5.32. The highest BCUT2D eigenvalue weighted by Crippen LogP contribution is 2.40. The van der Waals surface area contributed by atoms with E-state index in [1.807, 2.05) is 0 Å². The molecule has 0 aliphatic heterocycles. The number of ether oxygens (including phenoxy) is 1. The summed E-state index contributed by atoms with van der Waals surface area (Å²) in [7, 11) is 0. The highest BCUT2D eigenvalue weighted by atomic mass is 16.5. The van der Waals surface area contributed by atoms with E-state index in [1.165, 1.54) is 6.92 Å². The molecule has 1 rings (SSSR count). The van der Waals surface area contributed by atoms with E-state index in [1.54, 1.807) is 6.92 Å². The van der Waals surface area contributed by atoms with Crippen LogP contribution in [0.3, 0.4) is 0 Å². The van der Waals surface area contributed by atoms with Crippen LogP contribution in [0.1, 0.15) is 35.3 Å². The molecular formula is C13H18O7. The quantitative estimate of drug-likeness (QED) is 0.380. The van der Waals surface area contributed by atoms with Gasteiger partial charge in [-0.1, -0.05) is 0 Å². The molecule has 20 heavy (non-hydrogen) atoms. The number of phenols is 2. The summed E-state index contributed by atoms with van der Waals surface area (Å²) < 4.78 is 4.64. The van der Waals surface area contributed by atoms with Gasteiger partial charge in [-0.2, -0.15) is 0 Å². The zero-order chi connectivity index (χ0) is 15.4. The summed E-state index contributed by atoms with van der Waals surface area (Å²) in [6, 6.07) is 0. The van der Waals surface area contributed by atoms with E-state index in [2.05, 4.69) is 4.74 Å². The molecule has 0 aliphatic carbocycles. The number of esters is 1. The molecule has 0 spiro atoms. The van der Waals surface area contributed by atoms with Crippen molar-refractivity contribution in [2.45, 2.75) is 33.2 Å². The smallest absolute Gasteiger partial charge is 0.339 e. The standard InChI is InChI=1S/C13H18O7/c1-3-20-13(19)12(18)9-6(2)10(16)7(4-14)8(5-15)11(9)17/h12,14-18H,3-5H2,1-2H3. The predicted octanol–water partition coefficient (Wildman–Crippen LogP) is -0.0127. The molecule has 0 amide bonds. The number of aromatic hydroxyl groups is 2. The van der Waals surface area contributed by atoms with Crippen molar-refractivity contribution in [1.82, 2.24) is 0 Å². The van der Waals surface area contributed by atoms with Crippen LogP contribution in [0.2, 0.25) is 0 Å². The molecule has 0 saturated carbocycles. The van der Waals surface area contributed by atoms with Gasteiger partial charge in [-0.3, -0.25) is 0 Å². The first-order valence-electron chi connectivity index (χ1n) is 6.03. The lowest BCUT2D eigenvalue weighted by Gasteiger charge is -2.20. The minimum Gasteiger partial charge on any atom is -0.507 e.